The maximum Gasteiger partial charge on any atom is 0.243 e. The Hall–Kier alpha value is -3.44. The molecule has 11 heteroatoms. The minimum atomic E-state index is -4.55. The predicted octanol–water partition coefficient (Wildman–Crippen LogP) is 3.89. The zero-order valence-corrected chi connectivity index (χ0v) is 18.5. The highest BCUT2D eigenvalue weighted by atomic mass is 32.2. The summed E-state index contributed by atoms with van der Waals surface area (Å²) >= 11 is 0. The summed E-state index contributed by atoms with van der Waals surface area (Å²) in [7, 11) is -4.55. The van der Waals surface area contributed by atoms with Crippen molar-refractivity contribution in [2.75, 3.05) is 11.9 Å². The van der Waals surface area contributed by atoms with Gasteiger partial charge in [0.2, 0.25) is 10.0 Å². The summed E-state index contributed by atoms with van der Waals surface area (Å²) in [5.41, 5.74) is 2.61. The van der Waals surface area contributed by atoms with Gasteiger partial charge in [-0.05, 0) is 43.7 Å². The zero-order chi connectivity index (χ0) is 23.9. The van der Waals surface area contributed by atoms with Gasteiger partial charge in [-0.2, -0.15) is 0 Å². The van der Waals surface area contributed by atoms with Gasteiger partial charge in [-0.25, -0.2) is 36.7 Å². The van der Waals surface area contributed by atoms with Gasteiger partial charge in [-0.15, -0.1) is 0 Å². The minimum absolute atomic E-state index is 0.0210. The van der Waals surface area contributed by atoms with Crippen molar-refractivity contribution in [3.05, 3.63) is 71.4 Å². The maximum atomic E-state index is 14.4. The number of aromatic nitrogens is 3. The van der Waals surface area contributed by atoms with Crippen LogP contribution in [0, 0.1) is 31.3 Å². The molecular weight excluding hydrogens is 455 g/mol. The molecule has 0 radical (unpaired) electrons. The Morgan fingerprint density at radius 1 is 1.00 bits per heavy atom. The first-order valence-electron chi connectivity index (χ1n) is 9.89. The molecule has 0 aliphatic heterocycles. The van der Waals surface area contributed by atoms with Gasteiger partial charge in [0.05, 0.1) is 11.2 Å². The van der Waals surface area contributed by atoms with E-state index in [0.717, 1.165) is 28.8 Å². The van der Waals surface area contributed by atoms with E-state index in [1.54, 1.807) is 6.07 Å². The molecule has 3 N–H and O–H groups in total. The number of sulfonamides is 1. The normalized spacial score (nSPS) is 11.8. The molecule has 0 aliphatic rings. The number of benzene rings is 2. The van der Waals surface area contributed by atoms with Gasteiger partial charge in [-0.1, -0.05) is 6.07 Å². The second kappa shape index (κ2) is 8.49. The molecule has 0 unspecified atom stereocenters. The van der Waals surface area contributed by atoms with E-state index in [2.05, 4.69) is 15.3 Å². The monoisotopic (exact) mass is 475 g/mol. The number of anilines is 1. The lowest BCUT2D eigenvalue weighted by molar-refractivity contribution is 0.520. The van der Waals surface area contributed by atoms with Crippen molar-refractivity contribution in [3.8, 4) is 11.3 Å². The predicted molar refractivity (Wildman–Crippen MR) is 119 cm³/mol. The van der Waals surface area contributed by atoms with E-state index < -0.39 is 26.6 Å². The molecule has 0 aliphatic carbocycles. The first-order valence-corrected chi connectivity index (χ1v) is 11.4. The largest absolute Gasteiger partial charge is 0.368 e. The summed E-state index contributed by atoms with van der Waals surface area (Å²) in [5.74, 6) is -2.55. The van der Waals surface area contributed by atoms with Crippen molar-refractivity contribution in [2.24, 2.45) is 5.14 Å². The third-order valence-corrected chi connectivity index (χ3v) is 6.28. The van der Waals surface area contributed by atoms with E-state index in [4.69, 9.17) is 5.14 Å². The Morgan fingerprint density at radius 3 is 2.36 bits per heavy atom. The molecule has 0 saturated carbocycles. The number of hydrogen-bond acceptors (Lipinski definition) is 5. The van der Waals surface area contributed by atoms with Crippen LogP contribution in [-0.4, -0.2) is 29.5 Å². The van der Waals surface area contributed by atoms with Crippen LogP contribution in [-0.2, 0) is 16.6 Å². The highest BCUT2D eigenvalue weighted by Gasteiger charge is 2.22. The van der Waals surface area contributed by atoms with E-state index >= 15 is 0 Å². The molecule has 0 atom stereocenters. The lowest BCUT2D eigenvalue weighted by Crippen LogP contribution is -2.16. The van der Waals surface area contributed by atoms with Crippen molar-refractivity contribution >= 4 is 26.7 Å². The number of nitrogens with two attached hydrogens (primary N) is 1. The van der Waals surface area contributed by atoms with Crippen LogP contribution in [0.3, 0.4) is 0 Å². The van der Waals surface area contributed by atoms with E-state index in [9.17, 15) is 21.6 Å². The molecule has 2 aromatic heterocycles. The van der Waals surface area contributed by atoms with Gasteiger partial charge < -0.3 is 9.88 Å². The molecule has 0 bridgehead atoms. The minimum Gasteiger partial charge on any atom is -0.368 e. The van der Waals surface area contributed by atoms with Crippen molar-refractivity contribution in [3.63, 3.8) is 0 Å². The van der Waals surface area contributed by atoms with E-state index in [1.807, 2.05) is 24.5 Å². The Bertz CT molecular complexity index is 1460. The molecule has 0 saturated heterocycles. The maximum absolute atomic E-state index is 14.4. The molecule has 0 amide bonds. The lowest BCUT2D eigenvalue weighted by Gasteiger charge is -2.12. The second-order valence-electron chi connectivity index (χ2n) is 7.59. The standard InChI is InChI=1S/C22H20F3N5O2S/c1-12-3-4-16(23)21-15(12)7-13(2)30(21)6-5-27-20-10-19(28-11-29-20)14-8-17(24)22(18(25)9-14)33(26,31)32/h3-4,7-11H,5-6H2,1-2H3,(H2,26,31,32)(H,27,28,29). The SMILES string of the molecule is Cc1ccc(F)c2c1cc(C)n2CCNc1cc(-c2cc(F)c(S(N)(=O)=O)c(F)c2)ncn1. The van der Waals surface area contributed by atoms with Crippen LogP contribution >= 0.6 is 0 Å². The number of nitrogens with one attached hydrogen (secondary N) is 1. The fourth-order valence-electron chi connectivity index (χ4n) is 3.78. The highest BCUT2D eigenvalue weighted by Crippen LogP contribution is 2.27. The Morgan fingerprint density at radius 2 is 1.70 bits per heavy atom. The van der Waals surface area contributed by atoms with Crippen LogP contribution in [0.15, 0.2) is 47.6 Å². The van der Waals surface area contributed by atoms with E-state index in [1.165, 1.54) is 18.5 Å². The average molecular weight is 475 g/mol. The van der Waals surface area contributed by atoms with Gasteiger partial charge in [0.15, 0.2) is 4.90 Å². The number of aryl methyl sites for hydroxylation is 2. The summed E-state index contributed by atoms with van der Waals surface area (Å²) in [5, 5.41) is 8.80. The summed E-state index contributed by atoms with van der Waals surface area (Å²) < 4.78 is 67.4. The summed E-state index contributed by atoms with van der Waals surface area (Å²) in [4.78, 5) is 6.89. The average Bonchev–Trinajstić information content (AvgIpc) is 3.07. The summed E-state index contributed by atoms with van der Waals surface area (Å²) in [6, 6.07) is 8.27. The molecule has 0 spiro atoms. The quantitative estimate of drug-likeness (QED) is 0.440. The smallest absolute Gasteiger partial charge is 0.243 e. The number of rotatable bonds is 6. The van der Waals surface area contributed by atoms with Crippen molar-refractivity contribution in [2.45, 2.75) is 25.3 Å². The Kier molecular flexibility index (Phi) is 5.85. The summed E-state index contributed by atoms with van der Waals surface area (Å²) in [6.45, 7) is 4.66. The van der Waals surface area contributed by atoms with Crippen molar-refractivity contribution in [1.82, 2.24) is 14.5 Å². The highest BCUT2D eigenvalue weighted by molar-refractivity contribution is 7.89. The van der Waals surface area contributed by atoms with Crippen LogP contribution in [0.25, 0.3) is 22.2 Å². The fraction of sp³-hybridized carbons (Fsp3) is 0.182. The number of nitrogens with zero attached hydrogens (tertiary/aromatic N) is 3. The molecule has 4 aromatic rings. The molecule has 4 rings (SSSR count). The molecular formula is C22H20F3N5O2S. The number of fused-ring (bicyclic) bond motifs is 1. The fourth-order valence-corrected chi connectivity index (χ4v) is 4.44. The molecule has 2 heterocycles. The van der Waals surface area contributed by atoms with Gasteiger partial charge in [0.25, 0.3) is 0 Å². The first kappa shape index (κ1) is 22.7. The van der Waals surface area contributed by atoms with E-state index in [-0.39, 0.29) is 17.1 Å². The van der Waals surface area contributed by atoms with Crippen LogP contribution < -0.4 is 10.5 Å². The van der Waals surface area contributed by atoms with Crippen LogP contribution in [0.4, 0.5) is 19.0 Å². The molecule has 2 aromatic carbocycles. The number of hydrogen-bond donors (Lipinski definition) is 2. The van der Waals surface area contributed by atoms with Gasteiger partial charge in [-0.3, -0.25) is 0 Å². The van der Waals surface area contributed by atoms with Crippen LogP contribution in [0.1, 0.15) is 11.3 Å². The molecule has 0 fully saturated rings. The number of halogens is 3. The molecule has 172 valence electrons. The zero-order valence-electron chi connectivity index (χ0n) is 17.7. The van der Waals surface area contributed by atoms with Crippen molar-refractivity contribution in [1.29, 1.82) is 0 Å². The molecule has 7 nitrogen and oxygen atoms in total. The summed E-state index contributed by atoms with van der Waals surface area (Å²) in [6.07, 6.45) is 1.21. The second-order valence-corrected chi connectivity index (χ2v) is 9.09. The Balaban J connectivity index is 1.56. The van der Waals surface area contributed by atoms with Gasteiger partial charge in [0.1, 0.15) is 29.6 Å². The van der Waals surface area contributed by atoms with Crippen molar-refractivity contribution < 1.29 is 21.6 Å². The van der Waals surface area contributed by atoms with E-state index in [0.29, 0.717) is 24.4 Å². The van der Waals surface area contributed by atoms with Crippen LogP contribution in [0.2, 0.25) is 0 Å². The number of primary sulfonamides is 1. The third kappa shape index (κ3) is 4.41. The lowest BCUT2D eigenvalue weighted by atomic mass is 10.1. The first-order chi connectivity index (χ1) is 15.6. The van der Waals surface area contributed by atoms with Gasteiger partial charge in [0, 0.05) is 35.8 Å². The van der Waals surface area contributed by atoms with Gasteiger partial charge >= 0.3 is 0 Å². The topological polar surface area (TPSA) is 103 Å². The molecule has 33 heavy (non-hydrogen) atoms. The Labute approximate surface area is 188 Å². The third-order valence-electron chi connectivity index (χ3n) is 5.32. The van der Waals surface area contributed by atoms with Crippen LogP contribution in [0.5, 0.6) is 0 Å².